The smallest absolute Gasteiger partial charge is 0.147 e. The third-order valence-corrected chi connectivity index (χ3v) is 2.70. The molecule has 1 unspecified atom stereocenters. The fourth-order valence-electron chi connectivity index (χ4n) is 1.85. The number of aromatic nitrogens is 2. The first-order chi connectivity index (χ1) is 8.43. The van der Waals surface area contributed by atoms with Crippen molar-refractivity contribution in [3.63, 3.8) is 0 Å². The van der Waals surface area contributed by atoms with Crippen LogP contribution in [0.3, 0.4) is 0 Å². The van der Waals surface area contributed by atoms with Crippen LogP contribution in [0.4, 0.5) is 0 Å². The fourth-order valence-corrected chi connectivity index (χ4v) is 1.85. The number of hydrogen-bond donors (Lipinski definition) is 1. The molecule has 0 radical (unpaired) electrons. The molecule has 0 aromatic carbocycles. The maximum absolute atomic E-state index is 4.47. The van der Waals surface area contributed by atoms with Crippen molar-refractivity contribution in [2.24, 2.45) is 4.99 Å². The Morgan fingerprint density at radius 2 is 1.82 bits per heavy atom. The quantitative estimate of drug-likeness (QED) is 0.842. The minimum absolute atomic E-state index is 0.160. The van der Waals surface area contributed by atoms with Gasteiger partial charge in [0, 0.05) is 12.4 Å². The summed E-state index contributed by atoms with van der Waals surface area (Å²) in [6.07, 6.45) is 3.57. The Morgan fingerprint density at radius 3 is 2.53 bits per heavy atom. The van der Waals surface area contributed by atoms with Gasteiger partial charge in [-0.2, -0.15) is 0 Å². The Labute approximate surface area is 99.5 Å². The standard InChI is InChI=1S/C13H12N4/c1-3-7-14-10(5-1)12-9-16-13(17-12)11-6-2-4-8-15-11/h1-8,12H,9H2,(H,16,17). The van der Waals surface area contributed by atoms with Crippen molar-refractivity contribution in [1.82, 2.24) is 15.3 Å². The molecule has 4 heteroatoms. The average Bonchev–Trinajstić information content (AvgIpc) is 2.90. The average molecular weight is 224 g/mol. The number of amidine groups is 1. The van der Waals surface area contributed by atoms with E-state index in [4.69, 9.17) is 0 Å². The zero-order valence-electron chi connectivity index (χ0n) is 9.24. The molecule has 0 amide bonds. The van der Waals surface area contributed by atoms with Crippen LogP contribution in [0.5, 0.6) is 0 Å². The maximum atomic E-state index is 4.47. The molecule has 1 atom stereocenters. The van der Waals surface area contributed by atoms with Crippen molar-refractivity contribution < 1.29 is 0 Å². The third kappa shape index (κ3) is 2.01. The topological polar surface area (TPSA) is 50.2 Å². The molecule has 2 aromatic heterocycles. The van der Waals surface area contributed by atoms with Gasteiger partial charge in [0.2, 0.25) is 0 Å². The molecule has 1 aliphatic heterocycles. The first kappa shape index (κ1) is 9.96. The summed E-state index contributed by atoms with van der Waals surface area (Å²) in [5.41, 5.74) is 1.90. The second kappa shape index (κ2) is 4.33. The van der Waals surface area contributed by atoms with E-state index >= 15 is 0 Å². The molecule has 4 nitrogen and oxygen atoms in total. The fraction of sp³-hybridized carbons (Fsp3) is 0.154. The Morgan fingerprint density at radius 1 is 1.00 bits per heavy atom. The number of rotatable bonds is 2. The molecule has 0 fully saturated rings. The largest absolute Gasteiger partial charge is 0.358 e. The SMILES string of the molecule is c1ccc(C2=NCC(c3ccccn3)N2)nc1. The van der Waals surface area contributed by atoms with Gasteiger partial charge < -0.3 is 5.32 Å². The van der Waals surface area contributed by atoms with Crippen LogP contribution >= 0.6 is 0 Å². The Bertz CT molecular complexity index is 522. The molecule has 84 valence electrons. The minimum Gasteiger partial charge on any atom is -0.358 e. The molecule has 17 heavy (non-hydrogen) atoms. The highest BCUT2D eigenvalue weighted by atomic mass is 15.1. The van der Waals surface area contributed by atoms with Crippen LogP contribution in [0, 0.1) is 0 Å². The van der Waals surface area contributed by atoms with E-state index < -0.39 is 0 Å². The molecule has 3 heterocycles. The summed E-state index contributed by atoms with van der Waals surface area (Å²) in [6, 6.07) is 11.9. The predicted molar refractivity (Wildman–Crippen MR) is 65.8 cm³/mol. The van der Waals surface area contributed by atoms with Crippen molar-refractivity contribution in [3.8, 4) is 0 Å². The number of hydrogen-bond acceptors (Lipinski definition) is 4. The van der Waals surface area contributed by atoms with E-state index in [0.29, 0.717) is 6.54 Å². The molecular weight excluding hydrogens is 212 g/mol. The molecule has 2 aromatic rings. The summed E-state index contributed by atoms with van der Waals surface area (Å²) >= 11 is 0. The number of nitrogens with one attached hydrogen (secondary N) is 1. The normalized spacial score (nSPS) is 18.6. The molecule has 3 rings (SSSR count). The van der Waals surface area contributed by atoms with Crippen molar-refractivity contribution in [2.45, 2.75) is 6.04 Å². The van der Waals surface area contributed by atoms with E-state index in [2.05, 4.69) is 20.3 Å². The Kier molecular flexibility index (Phi) is 2.54. The van der Waals surface area contributed by atoms with Gasteiger partial charge in [0.1, 0.15) is 11.5 Å². The van der Waals surface area contributed by atoms with Crippen molar-refractivity contribution in [1.29, 1.82) is 0 Å². The van der Waals surface area contributed by atoms with Gasteiger partial charge in [-0.1, -0.05) is 12.1 Å². The summed E-state index contributed by atoms with van der Waals surface area (Å²) in [5, 5.41) is 3.35. The predicted octanol–water partition coefficient (Wildman–Crippen LogP) is 1.57. The summed E-state index contributed by atoms with van der Waals surface area (Å²) < 4.78 is 0. The lowest BCUT2D eigenvalue weighted by Crippen LogP contribution is -2.25. The summed E-state index contributed by atoms with van der Waals surface area (Å²) in [6.45, 7) is 0.711. The van der Waals surface area contributed by atoms with Crippen molar-refractivity contribution in [3.05, 3.63) is 60.2 Å². The zero-order valence-corrected chi connectivity index (χ0v) is 9.24. The summed E-state index contributed by atoms with van der Waals surface area (Å²) in [4.78, 5) is 13.1. The van der Waals surface area contributed by atoms with E-state index in [-0.39, 0.29) is 6.04 Å². The molecule has 1 aliphatic rings. The first-order valence-corrected chi connectivity index (χ1v) is 5.57. The van der Waals surface area contributed by atoms with Crippen molar-refractivity contribution >= 4 is 5.84 Å². The first-order valence-electron chi connectivity index (χ1n) is 5.57. The second-order valence-corrected chi connectivity index (χ2v) is 3.86. The Hall–Kier alpha value is -2.23. The van der Waals surface area contributed by atoms with Gasteiger partial charge in [-0.05, 0) is 24.3 Å². The molecule has 0 spiro atoms. The lowest BCUT2D eigenvalue weighted by molar-refractivity contribution is 0.684. The molecule has 0 saturated heterocycles. The molecule has 0 bridgehead atoms. The molecule has 1 N–H and O–H groups in total. The molecule has 0 aliphatic carbocycles. The number of nitrogens with zero attached hydrogens (tertiary/aromatic N) is 3. The highest BCUT2D eigenvalue weighted by molar-refractivity contribution is 5.98. The minimum atomic E-state index is 0.160. The van der Waals surface area contributed by atoms with Gasteiger partial charge >= 0.3 is 0 Å². The van der Waals surface area contributed by atoms with E-state index in [0.717, 1.165) is 17.2 Å². The van der Waals surface area contributed by atoms with E-state index in [1.54, 1.807) is 12.4 Å². The van der Waals surface area contributed by atoms with Crippen LogP contribution in [0.1, 0.15) is 17.4 Å². The monoisotopic (exact) mass is 224 g/mol. The van der Waals surface area contributed by atoms with E-state index in [9.17, 15) is 0 Å². The van der Waals surface area contributed by atoms with Crippen LogP contribution in [-0.4, -0.2) is 22.3 Å². The van der Waals surface area contributed by atoms with Crippen LogP contribution in [0.15, 0.2) is 53.8 Å². The highest BCUT2D eigenvalue weighted by Gasteiger charge is 2.21. The summed E-state index contributed by atoms with van der Waals surface area (Å²) in [5.74, 6) is 0.848. The zero-order chi connectivity index (χ0) is 11.5. The van der Waals surface area contributed by atoms with Crippen LogP contribution in [0.25, 0.3) is 0 Å². The van der Waals surface area contributed by atoms with Gasteiger partial charge in [0.05, 0.1) is 18.3 Å². The van der Waals surface area contributed by atoms with Gasteiger partial charge in [0.15, 0.2) is 0 Å². The number of aliphatic imine (C=N–C) groups is 1. The van der Waals surface area contributed by atoms with Crippen LogP contribution < -0.4 is 5.32 Å². The lowest BCUT2D eigenvalue weighted by Gasteiger charge is -2.10. The Balaban J connectivity index is 1.78. The van der Waals surface area contributed by atoms with E-state index in [1.807, 2.05) is 36.4 Å². The van der Waals surface area contributed by atoms with Gasteiger partial charge in [0.25, 0.3) is 0 Å². The van der Waals surface area contributed by atoms with Gasteiger partial charge in [-0.25, -0.2) is 0 Å². The van der Waals surface area contributed by atoms with Gasteiger partial charge in [-0.15, -0.1) is 0 Å². The van der Waals surface area contributed by atoms with Crippen LogP contribution in [-0.2, 0) is 0 Å². The summed E-state index contributed by atoms with van der Waals surface area (Å²) in [7, 11) is 0. The van der Waals surface area contributed by atoms with E-state index in [1.165, 1.54) is 0 Å². The molecule has 0 saturated carbocycles. The van der Waals surface area contributed by atoms with Crippen molar-refractivity contribution in [2.75, 3.05) is 6.54 Å². The second-order valence-electron chi connectivity index (χ2n) is 3.86. The highest BCUT2D eigenvalue weighted by Crippen LogP contribution is 2.16. The molecular formula is C13H12N4. The maximum Gasteiger partial charge on any atom is 0.147 e. The lowest BCUT2D eigenvalue weighted by atomic mass is 10.2. The third-order valence-electron chi connectivity index (χ3n) is 2.70. The number of pyridine rings is 2. The van der Waals surface area contributed by atoms with Gasteiger partial charge in [-0.3, -0.25) is 15.0 Å². The van der Waals surface area contributed by atoms with Crippen LogP contribution in [0.2, 0.25) is 0 Å².